The van der Waals surface area contributed by atoms with Crippen LogP contribution in [-0.4, -0.2) is 68.5 Å². The van der Waals surface area contributed by atoms with Gasteiger partial charge in [0.2, 0.25) is 5.91 Å². The van der Waals surface area contributed by atoms with Gasteiger partial charge < -0.3 is 28.8 Å². The lowest BCUT2D eigenvalue weighted by Gasteiger charge is -2.29. The number of allylic oxidation sites excluding steroid dienone is 1. The number of hydrogen-bond donors (Lipinski definition) is 2. The summed E-state index contributed by atoms with van der Waals surface area (Å²) < 4.78 is 23.4. The van der Waals surface area contributed by atoms with Crippen molar-refractivity contribution in [3.8, 4) is 0 Å². The molecule has 0 fully saturated rings. The standard InChI is InChI=1S/C66H133N2O6P/c1-6-8-10-12-14-16-18-20-22-24-26-28-29-30-31-32-33-34-35-36-37-38-39-40-42-44-46-48-50-52-54-56-58-60-66(70)67-64(63-74-75(71,72)73-62-61-68(3,4)5)65(69)59-57-55-53-51-49-47-45-43-41-27-25-23-21-19-17-15-13-11-9-7-2/h57,59,64-65,69H,6-56,58,60-63H2,1-5H3,(H-,67,70,71,72)/b59-57+. The summed E-state index contributed by atoms with van der Waals surface area (Å²) in [5, 5.41) is 13.9. The van der Waals surface area contributed by atoms with Crippen LogP contribution in [0.5, 0.6) is 0 Å². The molecule has 0 saturated heterocycles. The zero-order chi connectivity index (χ0) is 54.9. The van der Waals surface area contributed by atoms with E-state index in [1.54, 1.807) is 6.08 Å². The summed E-state index contributed by atoms with van der Waals surface area (Å²) >= 11 is 0. The van der Waals surface area contributed by atoms with Gasteiger partial charge in [0, 0.05) is 6.42 Å². The Bertz CT molecular complexity index is 1230. The van der Waals surface area contributed by atoms with Crippen LogP contribution in [0.1, 0.15) is 354 Å². The quantitative estimate of drug-likeness (QED) is 0.0272. The lowest BCUT2D eigenvalue weighted by Crippen LogP contribution is -2.45. The Hall–Kier alpha value is -0.760. The molecule has 2 N–H and O–H groups in total. The van der Waals surface area contributed by atoms with Gasteiger partial charge in [-0.25, -0.2) is 0 Å². The first-order valence-corrected chi connectivity index (χ1v) is 35.0. The average molecular weight is 1080 g/mol. The Balaban J connectivity index is 3.99. The number of unbranched alkanes of at least 4 members (excludes halogenated alkanes) is 50. The largest absolute Gasteiger partial charge is 0.756 e. The molecule has 0 aliphatic rings. The number of phosphoric acid groups is 1. The van der Waals surface area contributed by atoms with Crippen LogP contribution in [0.3, 0.4) is 0 Å². The van der Waals surface area contributed by atoms with E-state index < -0.39 is 20.0 Å². The normalized spacial score (nSPS) is 13.7. The van der Waals surface area contributed by atoms with Gasteiger partial charge in [0.05, 0.1) is 39.9 Å². The number of carbonyl (C=O) groups is 1. The van der Waals surface area contributed by atoms with Crippen molar-refractivity contribution < 1.29 is 32.9 Å². The van der Waals surface area contributed by atoms with Gasteiger partial charge in [-0.15, -0.1) is 0 Å². The highest BCUT2D eigenvalue weighted by Crippen LogP contribution is 2.38. The van der Waals surface area contributed by atoms with Gasteiger partial charge >= 0.3 is 0 Å². The molecule has 0 aromatic rings. The van der Waals surface area contributed by atoms with E-state index in [1.165, 1.54) is 295 Å². The summed E-state index contributed by atoms with van der Waals surface area (Å²) in [6.07, 6.45) is 73.3. The smallest absolute Gasteiger partial charge is 0.268 e. The second-order valence-corrected chi connectivity index (χ2v) is 26.0. The van der Waals surface area contributed by atoms with E-state index in [2.05, 4.69) is 19.2 Å². The topological polar surface area (TPSA) is 108 Å². The molecule has 8 nitrogen and oxygen atoms in total. The number of quaternary nitrogens is 1. The Morgan fingerprint density at radius 2 is 0.720 bits per heavy atom. The van der Waals surface area contributed by atoms with Crippen LogP contribution in [0, 0.1) is 0 Å². The number of amides is 1. The number of carbonyl (C=O) groups excluding carboxylic acids is 1. The first kappa shape index (κ1) is 74.2. The fourth-order valence-corrected chi connectivity index (χ4v) is 11.2. The Kier molecular flexibility index (Phi) is 57.3. The zero-order valence-electron chi connectivity index (χ0n) is 51.3. The van der Waals surface area contributed by atoms with E-state index in [4.69, 9.17) is 9.05 Å². The summed E-state index contributed by atoms with van der Waals surface area (Å²) in [5.74, 6) is -0.188. The number of aliphatic hydroxyl groups excluding tert-OH is 1. The van der Waals surface area contributed by atoms with Crippen LogP contribution in [-0.2, 0) is 18.4 Å². The third kappa shape index (κ3) is 60.7. The van der Waals surface area contributed by atoms with Crippen molar-refractivity contribution in [2.45, 2.75) is 366 Å². The molecule has 0 heterocycles. The predicted molar refractivity (Wildman–Crippen MR) is 326 cm³/mol. The molecule has 0 saturated carbocycles. The highest BCUT2D eigenvalue weighted by atomic mass is 31.2. The first-order valence-electron chi connectivity index (χ1n) is 33.6. The maximum atomic E-state index is 13.0. The first-order chi connectivity index (χ1) is 36.5. The average Bonchev–Trinajstić information content (AvgIpc) is 3.37. The molecule has 0 aliphatic heterocycles. The molecule has 0 rings (SSSR count). The molecule has 3 atom stereocenters. The van der Waals surface area contributed by atoms with Gasteiger partial charge in [0.15, 0.2) is 0 Å². The number of aliphatic hydroxyl groups is 1. The van der Waals surface area contributed by atoms with Crippen molar-refractivity contribution in [2.75, 3.05) is 40.9 Å². The molecular weight excluding hydrogens is 948 g/mol. The Labute approximate surface area is 469 Å². The zero-order valence-corrected chi connectivity index (χ0v) is 52.2. The van der Waals surface area contributed by atoms with Crippen LogP contribution in [0.4, 0.5) is 0 Å². The molecule has 0 aromatic carbocycles. The second kappa shape index (κ2) is 57.9. The van der Waals surface area contributed by atoms with Crippen LogP contribution in [0.25, 0.3) is 0 Å². The number of nitrogens with one attached hydrogen (secondary N) is 1. The fourth-order valence-electron chi connectivity index (χ4n) is 10.5. The summed E-state index contributed by atoms with van der Waals surface area (Å²) in [4.78, 5) is 25.6. The molecule has 0 aliphatic carbocycles. The SMILES string of the molecule is CCCCCCCCCCCCCCCCCCCC/C=C/C(O)C(COP(=O)([O-])OCC[N+](C)(C)C)NC(=O)CCCCCCCCCCCCCCCCCCCCCCCCCCCCCCCCCCC. The maximum absolute atomic E-state index is 13.0. The van der Waals surface area contributed by atoms with Gasteiger partial charge in [-0.05, 0) is 19.3 Å². The van der Waals surface area contributed by atoms with E-state index in [-0.39, 0.29) is 19.1 Å². The summed E-state index contributed by atoms with van der Waals surface area (Å²) in [6.45, 7) is 4.71. The molecule has 9 heteroatoms. The lowest BCUT2D eigenvalue weighted by atomic mass is 10.0. The van der Waals surface area contributed by atoms with E-state index >= 15 is 0 Å². The molecule has 3 unspecified atom stereocenters. The van der Waals surface area contributed by atoms with E-state index in [9.17, 15) is 19.4 Å². The predicted octanol–water partition coefficient (Wildman–Crippen LogP) is 20.3. The molecule has 0 spiro atoms. The molecule has 0 bridgehead atoms. The Morgan fingerprint density at radius 3 is 1.00 bits per heavy atom. The third-order valence-electron chi connectivity index (χ3n) is 15.7. The number of hydrogen-bond acceptors (Lipinski definition) is 6. The minimum Gasteiger partial charge on any atom is -0.756 e. The van der Waals surface area contributed by atoms with Crippen molar-refractivity contribution in [3.63, 3.8) is 0 Å². The van der Waals surface area contributed by atoms with Crippen LogP contribution in [0.2, 0.25) is 0 Å². The summed E-state index contributed by atoms with van der Waals surface area (Å²) in [7, 11) is 1.28. The summed E-state index contributed by atoms with van der Waals surface area (Å²) in [5.41, 5.74) is 0. The van der Waals surface area contributed by atoms with Crippen molar-refractivity contribution in [1.29, 1.82) is 0 Å². The summed E-state index contributed by atoms with van der Waals surface area (Å²) in [6, 6.07) is -0.883. The van der Waals surface area contributed by atoms with Gasteiger partial charge in [-0.2, -0.15) is 0 Å². The molecule has 1 amide bonds. The van der Waals surface area contributed by atoms with Gasteiger partial charge in [-0.1, -0.05) is 341 Å². The van der Waals surface area contributed by atoms with E-state index in [0.717, 1.165) is 38.5 Å². The lowest BCUT2D eigenvalue weighted by molar-refractivity contribution is -0.870. The molecular formula is C66H133N2O6P. The molecule has 0 radical (unpaired) electrons. The van der Waals surface area contributed by atoms with Gasteiger partial charge in [0.1, 0.15) is 13.2 Å². The number of rotatable bonds is 63. The minimum absolute atomic E-state index is 0.00287. The van der Waals surface area contributed by atoms with Crippen molar-refractivity contribution in [2.24, 2.45) is 0 Å². The second-order valence-electron chi connectivity index (χ2n) is 24.5. The third-order valence-corrected chi connectivity index (χ3v) is 16.7. The van der Waals surface area contributed by atoms with Crippen LogP contribution in [0.15, 0.2) is 12.2 Å². The Morgan fingerprint density at radius 1 is 0.453 bits per heavy atom. The monoisotopic (exact) mass is 1080 g/mol. The number of phosphoric ester groups is 1. The number of likely N-dealkylation sites (N-methyl/N-ethyl adjacent to an activating group) is 1. The fraction of sp³-hybridized carbons (Fsp3) is 0.955. The molecule has 448 valence electrons. The molecule has 0 aromatic heterocycles. The van der Waals surface area contributed by atoms with Crippen molar-refractivity contribution in [3.05, 3.63) is 12.2 Å². The van der Waals surface area contributed by atoms with Gasteiger partial charge in [-0.3, -0.25) is 9.36 Å². The van der Waals surface area contributed by atoms with Crippen LogP contribution < -0.4 is 10.2 Å². The maximum Gasteiger partial charge on any atom is 0.268 e. The van der Waals surface area contributed by atoms with Crippen molar-refractivity contribution >= 4 is 13.7 Å². The minimum atomic E-state index is -4.60. The van der Waals surface area contributed by atoms with E-state index in [1.807, 2.05) is 27.2 Å². The molecule has 75 heavy (non-hydrogen) atoms. The van der Waals surface area contributed by atoms with E-state index in [0.29, 0.717) is 17.4 Å². The highest BCUT2D eigenvalue weighted by molar-refractivity contribution is 7.45. The van der Waals surface area contributed by atoms with Crippen molar-refractivity contribution in [1.82, 2.24) is 5.32 Å². The van der Waals surface area contributed by atoms with Gasteiger partial charge in [0.25, 0.3) is 7.82 Å². The highest BCUT2D eigenvalue weighted by Gasteiger charge is 2.23. The number of nitrogens with zero attached hydrogens (tertiary/aromatic N) is 1. The van der Waals surface area contributed by atoms with Crippen LogP contribution >= 0.6 is 7.82 Å².